The number of thiophene rings is 1. The summed E-state index contributed by atoms with van der Waals surface area (Å²) in [5.74, 6) is 2.16. The number of hydrogen-bond donors (Lipinski definition) is 0. The highest BCUT2D eigenvalue weighted by Gasteiger charge is 3.06. The Kier molecular flexibility index (Phi) is 6.38. The summed E-state index contributed by atoms with van der Waals surface area (Å²) in [6, 6.07) is 27.8. The lowest BCUT2D eigenvalue weighted by molar-refractivity contribution is -0.771. The van der Waals surface area contributed by atoms with Gasteiger partial charge in [-0.3, -0.25) is 0 Å². The number of benzene rings is 3. The smallest absolute Gasteiger partial charge is 0.213 e. The van der Waals surface area contributed by atoms with Crippen LogP contribution in [0.4, 0.5) is 0 Å². The van der Waals surface area contributed by atoms with Crippen molar-refractivity contribution in [2.45, 2.75) is 147 Å². The van der Waals surface area contributed by atoms with Crippen molar-refractivity contribution in [3.05, 3.63) is 89.0 Å². The number of fused-ring (bicyclic) bond motifs is 16. The fraction of sp³-hybridized carbons (Fsp3) is 0.500. The summed E-state index contributed by atoms with van der Waals surface area (Å²) in [6.07, 6.45) is 13.5. The fourth-order valence-electron chi connectivity index (χ4n) is 13.4. The number of nitrogens with zero attached hydrogens (tertiary/aromatic N) is 3. The largest absolute Gasteiger partial charge is 0.327 e. The van der Waals surface area contributed by atoms with Crippen molar-refractivity contribution in [1.82, 2.24) is 4.90 Å². The molecule has 266 valence electrons. The summed E-state index contributed by atoms with van der Waals surface area (Å²) < 4.78 is 7.46. The topological polar surface area (TPSA) is 10.1 Å². The average Bonchev–Trinajstić information content (AvgIpc) is 3.33. The Morgan fingerprint density at radius 3 is 2.23 bits per heavy atom. The van der Waals surface area contributed by atoms with E-state index in [2.05, 4.69) is 129 Å². The zero-order valence-electron chi connectivity index (χ0n) is 32.4. The van der Waals surface area contributed by atoms with Crippen LogP contribution in [-0.4, -0.2) is 33.1 Å². The first-order valence-electron chi connectivity index (χ1n) is 20.7. The van der Waals surface area contributed by atoms with Crippen molar-refractivity contribution >= 4 is 38.2 Å². The third-order valence-corrected chi connectivity index (χ3v) is 16.7. The van der Waals surface area contributed by atoms with Gasteiger partial charge in [0, 0.05) is 45.0 Å². The molecule has 2 aromatic heterocycles. The standard InChI is InChI=1S/C48H55N3S/c1-29(2)44-49(32-16-10-8-11-17-32)48(50(44)33-18-12-9-13-19-33)46(6)36-25-24-35-41(43-42(45(35,4)5)34-20-14-15-21-39(34)52-43)40(36)38-27-23-31-28-30(3)22-26-37(31)51(38)47(46,48)7/h14-15,20-29,32-33H,8-13,16-19H2,1-7H3/q+2. The third kappa shape index (κ3) is 3.43. The molecule has 3 nitrogen and oxygen atoms in total. The molecule has 0 saturated heterocycles. The molecule has 0 N–H and O–H groups in total. The Morgan fingerprint density at radius 1 is 0.769 bits per heavy atom. The molecule has 5 aromatic rings. The van der Waals surface area contributed by atoms with Crippen LogP contribution in [0, 0.1) is 12.8 Å². The van der Waals surface area contributed by atoms with Gasteiger partial charge in [-0.15, -0.1) is 11.3 Å². The normalized spacial score (nSPS) is 29.0. The van der Waals surface area contributed by atoms with Gasteiger partial charge in [0.2, 0.25) is 11.2 Å². The fourth-order valence-corrected chi connectivity index (χ4v) is 14.8. The molecule has 3 unspecified atom stereocenters. The van der Waals surface area contributed by atoms with Crippen molar-refractivity contribution in [3.8, 4) is 21.7 Å². The zero-order valence-corrected chi connectivity index (χ0v) is 33.2. The predicted octanol–water partition coefficient (Wildman–Crippen LogP) is 11.4. The molecule has 4 heteroatoms. The van der Waals surface area contributed by atoms with Crippen molar-refractivity contribution in [3.63, 3.8) is 0 Å². The summed E-state index contributed by atoms with van der Waals surface area (Å²) in [4.78, 5) is 4.62. The second-order valence-electron chi connectivity index (χ2n) is 18.7. The number of amidine groups is 1. The third-order valence-electron chi connectivity index (χ3n) is 15.5. The summed E-state index contributed by atoms with van der Waals surface area (Å²) >= 11 is 2.03. The van der Waals surface area contributed by atoms with E-state index in [1.807, 2.05) is 11.3 Å². The van der Waals surface area contributed by atoms with Gasteiger partial charge in [0.05, 0.1) is 11.5 Å². The summed E-state index contributed by atoms with van der Waals surface area (Å²) in [5, 5.41) is 2.81. The van der Waals surface area contributed by atoms with E-state index in [-0.39, 0.29) is 22.0 Å². The maximum Gasteiger partial charge on any atom is 0.327 e. The lowest BCUT2D eigenvalue weighted by Crippen LogP contribution is -2.76. The van der Waals surface area contributed by atoms with Gasteiger partial charge in [0.1, 0.15) is 12.1 Å². The van der Waals surface area contributed by atoms with Gasteiger partial charge in [-0.1, -0.05) is 82.5 Å². The highest BCUT2D eigenvalue weighted by atomic mass is 32.1. The van der Waals surface area contributed by atoms with Crippen LogP contribution >= 0.6 is 11.3 Å². The van der Waals surface area contributed by atoms with E-state index in [0.717, 1.165) is 0 Å². The van der Waals surface area contributed by atoms with E-state index in [9.17, 15) is 0 Å². The summed E-state index contributed by atoms with van der Waals surface area (Å²) in [5.41, 5.74) is 11.4. The molecule has 0 bridgehead atoms. The molecule has 3 saturated carbocycles. The van der Waals surface area contributed by atoms with E-state index in [4.69, 9.17) is 0 Å². The molecular formula is C48H55N3S+2. The molecule has 3 fully saturated rings. The van der Waals surface area contributed by atoms with Crippen LogP contribution < -0.4 is 4.57 Å². The highest BCUT2D eigenvalue weighted by molar-refractivity contribution is 7.22. The van der Waals surface area contributed by atoms with Crippen LogP contribution in [0.15, 0.2) is 66.7 Å². The first kappa shape index (κ1) is 32.0. The molecule has 3 aromatic carbocycles. The molecular weight excluding hydrogens is 651 g/mol. The SMILES string of the molecule is Cc1ccc2c(ccc3[n+]2C2(C)C(C)(c4ccc5c(c4-3)-c3sc4ccccc4c3C5(C)C)C23N(C2CCCCC2)C(C(C)C)=[N+]3C2CCCCC2)c1. The van der Waals surface area contributed by atoms with Crippen LogP contribution in [-0.2, 0) is 16.4 Å². The molecule has 11 rings (SSSR count). The van der Waals surface area contributed by atoms with E-state index in [1.54, 1.807) is 11.4 Å². The maximum atomic E-state index is 3.12. The van der Waals surface area contributed by atoms with Crippen LogP contribution in [0.3, 0.4) is 0 Å². The molecule has 52 heavy (non-hydrogen) atoms. The Bertz CT molecular complexity index is 2400. The van der Waals surface area contributed by atoms with Gasteiger partial charge in [-0.05, 0) is 105 Å². The molecule has 2 aliphatic heterocycles. The lowest BCUT2D eigenvalue weighted by atomic mass is 9.76. The van der Waals surface area contributed by atoms with Gasteiger partial charge in [-0.25, -0.2) is 9.48 Å². The van der Waals surface area contributed by atoms with Crippen molar-refractivity contribution < 1.29 is 9.14 Å². The molecule has 3 atom stereocenters. The maximum absolute atomic E-state index is 3.12. The Balaban J connectivity index is 1.28. The first-order chi connectivity index (χ1) is 25.1. The number of rotatable bonds is 3. The first-order valence-corrected chi connectivity index (χ1v) is 21.5. The summed E-state index contributed by atoms with van der Waals surface area (Å²) in [7, 11) is 0. The van der Waals surface area contributed by atoms with E-state index in [1.165, 1.54) is 124 Å². The number of aromatic nitrogens is 1. The highest BCUT2D eigenvalue weighted by Crippen LogP contribution is 2.78. The van der Waals surface area contributed by atoms with Gasteiger partial charge < -0.3 is 0 Å². The van der Waals surface area contributed by atoms with Gasteiger partial charge >= 0.3 is 5.66 Å². The quantitative estimate of drug-likeness (QED) is 0.170. The van der Waals surface area contributed by atoms with Crippen molar-refractivity contribution in [1.29, 1.82) is 0 Å². The second kappa shape index (κ2) is 10.4. The van der Waals surface area contributed by atoms with Crippen LogP contribution in [0.25, 0.3) is 42.7 Å². The molecule has 0 amide bonds. The monoisotopic (exact) mass is 705 g/mol. The number of pyridine rings is 1. The van der Waals surface area contributed by atoms with Gasteiger partial charge in [0.15, 0.2) is 5.41 Å². The van der Waals surface area contributed by atoms with E-state index < -0.39 is 0 Å². The average molecular weight is 706 g/mol. The lowest BCUT2D eigenvalue weighted by Gasteiger charge is -2.50. The Morgan fingerprint density at radius 2 is 1.48 bits per heavy atom. The molecule has 0 radical (unpaired) electrons. The molecule has 4 aliphatic carbocycles. The van der Waals surface area contributed by atoms with Crippen molar-refractivity contribution in [2.24, 2.45) is 5.92 Å². The van der Waals surface area contributed by atoms with E-state index >= 15 is 0 Å². The van der Waals surface area contributed by atoms with Crippen LogP contribution in [0.1, 0.15) is 128 Å². The Hall–Kier alpha value is -3.50. The van der Waals surface area contributed by atoms with Gasteiger partial charge in [0.25, 0.3) is 11.4 Å². The minimum Gasteiger partial charge on any atom is -0.213 e. The minimum absolute atomic E-state index is 0.0572. The number of aryl methyl sites for hydroxylation is 1. The Labute approximate surface area is 314 Å². The van der Waals surface area contributed by atoms with Crippen LogP contribution in [0.2, 0.25) is 0 Å². The van der Waals surface area contributed by atoms with Crippen LogP contribution in [0.5, 0.6) is 0 Å². The molecule has 4 heterocycles. The van der Waals surface area contributed by atoms with Gasteiger partial charge in [-0.2, -0.15) is 4.57 Å². The molecule has 6 aliphatic rings. The van der Waals surface area contributed by atoms with Crippen molar-refractivity contribution in [2.75, 3.05) is 0 Å². The van der Waals surface area contributed by atoms with E-state index in [0.29, 0.717) is 18.0 Å². The number of hydrogen-bond acceptors (Lipinski definition) is 2. The predicted molar refractivity (Wildman–Crippen MR) is 217 cm³/mol. The minimum atomic E-state index is -0.143. The summed E-state index contributed by atoms with van der Waals surface area (Å²) in [6.45, 7) is 17.6. The second-order valence-corrected chi connectivity index (χ2v) is 19.7. The molecule has 1 spiro atoms. The zero-order chi connectivity index (χ0) is 35.5.